The third-order valence-electron chi connectivity index (χ3n) is 6.77. The Morgan fingerprint density at radius 1 is 0.528 bits per heavy atom. The van der Waals surface area contributed by atoms with Crippen molar-refractivity contribution >= 4 is 57.7 Å². The maximum absolute atomic E-state index is 4.86. The van der Waals surface area contributed by atoms with Crippen LogP contribution in [0.3, 0.4) is 0 Å². The van der Waals surface area contributed by atoms with Crippen LogP contribution in [0.5, 0.6) is 0 Å². The lowest BCUT2D eigenvalue weighted by molar-refractivity contribution is 0.302. The molecule has 388 valence electrons. The minimum Gasteiger partial charge on any atom is -0.428 e. The molecule has 0 saturated carbocycles. The second kappa shape index (κ2) is 37.5. The highest BCUT2D eigenvalue weighted by atomic mass is 32.1. The fraction of sp³-hybridized carbons (Fsp3) is 0.436. The van der Waals surface area contributed by atoms with Gasteiger partial charge in [-0.05, 0) is 94.6 Å². The van der Waals surface area contributed by atoms with Crippen molar-refractivity contribution in [3.05, 3.63) is 127 Å². The Balaban J connectivity index is 0.000000396. The van der Waals surface area contributed by atoms with Gasteiger partial charge in [-0.15, -0.1) is 63.5 Å². The highest BCUT2D eigenvalue weighted by Crippen LogP contribution is 2.04. The normalized spacial score (nSPS) is 9.18. The lowest BCUT2D eigenvalue weighted by Gasteiger charge is -1.76. The highest BCUT2D eigenvalue weighted by molar-refractivity contribution is 7.11. The molecule has 0 amide bonds. The maximum atomic E-state index is 4.86. The second-order valence-electron chi connectivity index (χ2n) is 13.5. The summed E-state index contributed by atoms with van der Waals surface area (Å²) >= 11 is 7.12. The molecule has 11 rings (SSSR count). The molecule has 72 heavy (non-hydrogen) atoms. The first kappa shape index (κ1) is 62.7. The molecule has 0 unspecified atom stereocenters. The zero-order chi connectivity index (χ0) is 53.7. The van der Waals surface area contributed by atoms with Gasteiger partial charge in [0, 0.05) is 34.9 Å². The summed E-state index contributed by atoms with van der Waals surface area (Å²) in [6.07, 6.45) is 9.41. The predicted octanol–water partition coefficient (Wildman–Crippen LogP) is 7.23. The van der Waals surface area contributed by atoms with Gasteiger partial charge in [0.1, 0.15) is 73.3 Å². The van der Waals surface area contributed by atoms with E-state index in [1.807, 2.05) is 97.2 Å². The van der Waals surface area contributed by atoms with E-state index >= 15 is 0 Å². The fourth-order valence-corrected chi connectivity index (χ4v) is 5.72. The molecule has 0 aromatic carbocycles. The third-order valence-corrected chi connectivity index (χ3v) is 10.1. The Labute approximate surface area is 436 Å². The predicted molar refractivity (Wildman–Crippen MR) is 270 cm³/mol. The van der Waals surface area contributed by atoms with Crippen LogP contribution in [0.1, 0.15) is 83.5 Å². The summed E-state index contributed by atoms with van der Waals surface area (Å²) < 4.78 is 40.8. The van der Waals surface area contributed by atoms with Crippen LogP contribution in [0.15, 0.2) is 61.4 Å². The highest BCUT2D eigenvalue weighted by Gasteiger charge is 1.94. The van der Waals surface area contributed by atoms with Crippen molar-refractivity contribution in [2.24, 2.45) is 14.1 Å². The van der Waals surface area contributed by atoms with Gasteiger partial charge < -0.3 is 8.83 Å². The molecule has 0 aliphatic rings. The number of nitrogens with zero attached hydrogens (tertiary/aromatic N) is 24. The number of hydrogen-bond acceptors (Lipinski definition) is 31. The number of hydrogen-bond donors (Lipinski definition) is 0. The van der Waals surface area contributed by atoms with Gasteiger partial charge >= 0.3 is 0 Å². The summed E-state index contributed by atoms with van der Waals surface area (Å²) in [4.78, 5) is 11.6. The first-order valence-corrected chi connectivity index (χ1v) is 24.5. The van der Waals surface area contributed by atoms with Gasteiger partial charge in [-0.2, -0.15) is 32.1 Å². The van der Waals surface area contributed by atoms with E-state index < -0.39 is 0 Å². The van der Waals surface area contributed by atoms with Crippen molar-refractivity contribution in [3.8, 4) is 0 Å². The van der Waals surface area contributed by atoms with Gasteiger partial charge in [-0.3, -0.25) is 9.36 Å². The Bertz CT molecular complexity index is 2390. The molecular weight excluding hydrogens is 1030 g/mol. The molecule has 0 N–H and O–H groups in total. The lowest BCUT2D eigenvalue weighted by atomic mass is 10.4. The largest absolute Gasteiger partial charge is 0.428 e. The smallest absolute Gasteiger partial charge is 0.213 e. The van der Waals surface area contributed by atoms with Crippen molar-refractivity contribution < 1.29 is 18.1 Å². The third kappa shape index (κ3) is 34.0. The number of aryl methyl sites for hydroxylation is 17. The van der Waals surface area contributed by atoms with Crippen LogP contribution in [0.4, 0.5) is 0 Å². The summed E-state index contributed by atoms with van der Waals surface area (Å²) in [6, 6.07) is 0. The monoisotopic (exact) mass is 1090 g/mol. The van der Waals surface area contributed by atoms with Gasteiger partial charge in [0.15, 0.2) is 0 Å². The minimum atomic E-state index is 0.606. The van der Waals surface area contributed by atoms with Crippen LogP contribution in [-0.2, 0) is 14.1 Å². The molecule has 0 bridgehead atoms. The van der Waals surface area contributed by atoms with Crippen LogP contribution >= 0.6 is 57.7 Å². The van der Waals surface area contributed by atoms with Gasteiger partial charge in [-0.1, -0.05) is 20.6 Å². The quantitative estimate of drug-likeness (QED) is 0.144. The molecule has 33 heteroatoms. The van der Waals surface area contributed by atoms with E-state index in [1.54, 1.807) is 83.4 Å². The number of rotatable bonds is 0. The Morgan fingerprint density at radius 2 is 1.18 bits per heavy atom. The summed E-state index contributed by atoms with van der Waals surface area (Å²) in [6.45, 7) is 28.2. The molecule has 0 spiro atoms. The van der Waals surface area contributed by atoms with E-state index in [0.717, 1.165) is 65.8 Å². The average molecular weight is 1090 g/mol. The zero-order valence-corrected chi connectivity index (χ0v) is 47.0. The van der Waals surface area contributed by atoms with Crippen molar-refractivity contribution in [2.75, 3.05) is 0 Å². The summed E-state index contributed by atoms with van der Waals surface area (Å²) in [5.41, 5.74) is 7.35. The van der Waals surface area contributed by atoms with Crippen LogP contribution in [0, 0.1) is 104 Å². The SMILES string of the molecule is Cc1cnon1.Cc1cnsn1.Cc1ncn(C)n1.Cc1nnc(C)o1.Cc1nnc(C)s1.Cc1nnco1.Cc1nncs1.Cc1nonc1C.Cc1nsc(C)n1.Cc1nsnc1C.Cn1cncn1. The summed E-state index contributed by atoms with van der Waals surface area (Å²) in [5, 5.41) is 54.6. The Kier molecular flexibility index (Phi) is 32.6. The molecule has 11 aromatic heterocycles. The van der Waals surface area contributed by atoms with Gasteiger partial charge in [0.25, 0.3) is 0 Å². The Morgan fingerprint density at radius 3 is 1.33 bits per heavy atom. The standard InChI is InChI=1S/C4H7N3.2C4H6N2O.3C4H6N2S.C3H5N3.2C3H4N2O.2C3H4N2S/c1-4-5-3-7(2)6-4;1-3-5-6-4(2)7-3;1-3-4(2)6-7-5-3;1-3-5-6-4(2)7-3;1-3-5-4(2)7-6-3;1-3-4(2)6-7-5-3;1-6-3-4-2-5-6;1-3-5-4-2-6-3;1-3-2-4-6-5-3;1-3-5-4-2-6-3;1-3-2-4-6-5-3/h3H,1-2H3;5*1-2H3;2-3H,1H3;4*2H,1H3. The van der Waals surface area contributed by atoms with Crippen molar-refractivity contribution in [1.82, 2.24) is 118 Å². The second-order valence-corrected chi connectivity index (χ2v) is 17.9. The van der Waals surface area contributed by atoms with Crippen LogP contribution in [0.25, 0.3) is 0 Å². The van der Waals surface area contributed by atoms with E-state index in [4.69, 9.17) is 4.42 Å². The Hall–Kier alpha value is -7.36. The molecular formula is C39H58N24O4S5. The first-order valence-electron chi connectivity index (χ1n) is 20.6. The van der Waals surface area contributed by atoms with Gasteiger partial charge in [-0.25, -0.2) is 24.2 Å². The van der Waals surface area contributed by atoms with Gasteiger partial charge in [0.2, 0.25) is 24.1 Å². The van der Waals surface area contributed by atoms with E-state index in [-0.39, 0.29) is 0 Å². The van der Waals surface area contributed by atoms with E-state index in [0.29, 0.717) is 17.7 Å². The lowest BCUT2D eigenvalue weighted by Crippen LogP contribution is -1.86. The molecule has 0 radical (unpaired) electrons. The molecule has 11 aromatic rings. The van der Waals surface area contributed by atoms with Gasteiger partial charge in [0.05, 0.1) is 52.9 Å². The molecule has 0 aliphatic heterocycles. The fourth-order valence-electron chi connectivity index (χ4n) is 3.34. The van der Waals surface area contributed by atoms with E-state index in [2.05, 4.69) is 122 Å². The van der Waals surface area contributed by atoms with E-state index in [9.17, 15) is 0 Å². The summed E-state index contributed by atoms with van der Waals surface area (Å²) in [7, 11) is 3.67. The molecule has 11 heterocycles. The summed E-state index contributed by atoms with van der Waals surface area (Å²) in [5.74, 6) is 3.55. The molecule has 0 saturated heterocycles. The molecule has 0 atom stereocenters. The topological polar surface area (TPSA) is 346 Å². The zero-order valence-electron chi connectivity index (χ0n) is 42.9. The minimum absolute atomic E-state index is 0.606. The first-order chi connectivity index (χ1) is 34.2. The molecule has 0 fully saturated rings. The molecule has 0 aliphatic carbocycles. The van der Waals surface area contributed by atoms with Crippen LogP contribution in [-0.4, -0.2) is 118 Å². The number of aromatic nitrogens is 24. The van der Waals surface area contributed by atoms with Crippen LogP contribution < -0.4 is 0 Å². The van der Waals surface area contributed by atoms with Crippen molar-refractivity contribution in [3.63, 3.8) is 0 Å². The van der Waals surface area contributed by atoms with Crippen molar-refractivity contribution in [2.45, 2.75) is 104 Å². The van der Waals surface area contributed by atoms with E-state index in [1.165, 1.54) is 47.7 Å². The maximum Gasteiger partial charge on any atom is 0.213 e. The van der Waals surface area contributed by atoms with Crippen LogP contribution in [0.2, 0.25) is 0 Å². The average Bonchev–Trinajstić information content (AvgIpc) is 4.13. The molecule has 28 nitrogen and oxygen atoms in total. The van der Waals surface area contributed by atoms with Crippen molar-refractivity contribution in [1.29, 1.82) is 0 Å².